The van der Waals surface area contributed by atoms with Gasteiger partial charge in [0.15, 0.2) is 0 Å². The van der Waals surface area contributed by atoms with Crippen molar-refractivity contribution in [3.8, 4) is 0 Å². The van der Waals surface area contributed by atoms with Gasteiger partial charge in [0.2, 0.25) is 0 Å². The normalized spacial score (nSPS) is 49.3. The van der Waals surface area contributed by atoms with Gasteiger partial charge in [-0.25, -0.2) is 0 Å². The first-order valence-electron chi connectivity index (χ1n) is 11.7. The molecular formula is C26H30Cl2Ti. The molecule has 0 heterocycles. The van der Waals surface area contributed by atoms with E-state index in [2.05, 4.69) is 38.5 Å². The molecule has 8 aliphatic carbocycles. The molecule has 10 radical (unpaired) electrons. The zero-order valence-corrected chi connectivity index (χ0v) is 20.1. The van der Waals surface area contributed by atoms with Gasteiger partial charge in [0, 0.05) is 0 Å². The van der Waals surface area contributed by atoms with Gasteiger partial charge >= 0.3 is 35.6 Å². The molecule has 0 aromatic heterocycles. The Morgan fingerprint density at radius 1 is 0.621 bits per heavy atom. The first-order chi connectivity index (χ1) is 14.3. The summed E-state index contributed by atoms with van der Waals surface area (Å²) in [6.07, 6.45) is 26.1. The number of fused-ring (bicyclic) bond motifs is 14. The van der Waals surface area contributed by atoms with Crippen molar-refractivity contribution < 1.29 is 17.0 Å². The maximum atomic E-state index is 4.89. The van der Waals surface area contributed by atoms with E-state index in [0.717, 1.165) is 47.3 Å². The minimum atomic E-state index is -0.556. The molecule has 152 valence electrons. The van der Waals surface area contributed by atoms with Crippen molar-refractivity contribution in [2.45, 2.75) is 51.4 Å². The van der Waals surface area contributed by atoms with E-state index in [1.165, 1.54) is 38.5 Å². The molecular weight excluding hydrogens is 431 g/mol. The Morgan fingerprint density at radius 3 is 1.48 bits per heavy atom. The van der Waals surface area contributed by atoms with Gasteiger partial charge in [0.25, 0.3) is 0 Å². The number of hydrogen-bond donors (Lipinski definition) is 0. The Labute approximate surface area is 195 Å². The Balaban J connectivity index is 0.000000101. The standard InChI is InChI=1S/2C13H15.2ClH.Ti/c2*1-2-8-7-12-9-4-5-10(6-9)13(12)11(8)3-1;;;/h2*1-3,9-10,12-13H,4-7H2;2*1H;/q;;;;+2/p-2. The average Bonchev–Trinajstić information content (AvgIpc) is 3.54. The summed E-state index contributed by atoms with van der Waals surface area (Å²) in [7, 11) is 9.78. The predicted octanol–water partition coefficient (Wildman–Crippen LogP) is 7.03. The summed E-state index contributed by atoms with van der Waals surface area (Å²) in [4.78, 5) is 0. The third-order valence-electron chi connectivity index (χ3n) is 9.69. The predicted molar refractivity (Wildman–Crippen MR) is 115 cm³/mol. The second-order valence-corrected chi connectivity index (χ2v) is 13.1. The van der Waals surface area contributed by atoms with Crippen LogP contribution in [0.3, 0.4) is 0 Å². The molecule has 29 heavy (non-hydrogen) atoms. The summed E-state index contributed by atoms with van der Waals surface area (Å²) in [6, 6.07) is 0. The van der Waals surface area contributed by atoms with E-state index in [-0.39, 0.29) is 0 Å². The van der Waals surface area contributed by atoms with Gasteiger partial charge in [-0.05, 0) is 161 Å². The molecule has 8 unspecified atom stereocenters. The second kappa shape index (κ2) is 8.58. The fraction of sp³-hybridized carbons (Fsp3) is 0.615. The van der Waals surface area contributed by atoms with Crippen molar-refractivity contribution in [1.82, 2.24) is 0 Å². The third-order valence-corrected chi connectivity index (χ3v) is 9.69. The van der Waals surface area contributed by atoms with Gasteiger partial charge in [-0.15, -0.1) is 0 Å². The molecule has 3 heteroatoms. The Morgan fingerprint density at radius 2 is 1.03 bits per heavy atom. The molecule has 0 nitrogen and oxygen atoms in total. The topological polar surface area (TPSA) is 0 Å². The van der Waals surface area contributed by atoms with Gasteiger partial charge < -0.3 is 0 Å². The fourth-order valence-electron chi connectivity index (χ4n) is 8.85. The maximum absolute atomic E-state index is 4.89. The molecule has 0 aliphatic heterocycles. The zero-order valence-electron chi connectivity index (χ0n) is 17.0. The number of hydrogen-bond acceptors (Lipinski definition) is 0. The van der Waals surface area contributed by atoms with Crippen molar-refractivity contribution in [3.63, 3.8) is 0 Å². The number of halogens is 2. The van der Waals surface area contributed by atoms with Crippen LogP contribution in [0.25, 0.3) is 0 Å². The van der Waals surface area contributed by atoms with Crippen molar-refractivity contribution >= 4 is 18.6 Å². The zero-order chi connectivity index (χ0) is 19.5. The molecule has 0 saturated heterocycles. The van der Waals surface area contributed by atoms with Crippen LogP contribution in [0.1, 0.15) is 51.4 Å². The summed E-state index contributed by atoms with van der Waals surface area (Å²) in [5.74, 6) is 15.3. The molecule has 0 spiro atoms. The van der Waals surface area contributed by atoms with Crippen LogP contribution in [0.4, 0.5) is 0 Å². The molecule has 8 saturated carbocycles. The van der Waals surface area contributed by atoms with Gasteiger partial charge in [-0.3, -0.25) is 0 Å². The second-order valence-electron chi connectivity index (χ2n) is 10.5. The van der Waals surface area contributed by atoms with Crippen molar-refractivity contribution in [1.29, 1.82) is 0 Å². The van der Waals surface area contributed by atoms with E-state index in [1.807, 2.05) is 0 Å². The molecule has 0 aromatic carbocycles. The van der Waals surface area contributed by atoms with Crippen LogP contribution in [-0.2, 0) is 17.0 Å². The Kier molecular flexibility index (Phi) is 6.17. The van der Waals surface area contributed by atoms with E-state index < -0.39 is 17.0 Å². The molecule has 8 fully saturated rings. The summed E-state index contributed by atoms with van der Waals surface area (Å²) in [5.41, 5.74) is 0. The van der Waals surface area contributed by atoms with Gasteiger partial charge in [0.1, 0.15) is 0 Å². The molecule has 0 N–H and O–H groups in total. The van der Waals surface area contributed by atoms with Crippen LogP contribution in [0.15, 0.2) is 0 Å². The van der Waals surface area contributed by atoms with Crippen molar-refractivity contribution in [2.75, 3.05) is 0 Å². The Hall–Kier alpha value is 1.29. The van der Waals surface area contributed by atoms with E-state index in [1.54, 1.807) is 36.5 Å². The van der Waals surface area contributed by atoms with Gasteiger partial charge in [-0.2, -0.15) is 0 Å². The molecule has 8 rings (SSSR count). The molecule has 0 aromatic rings. The average molecular weight is 461 g/mol. The number of rotatable bonds is 0. The van der Waals surface area contributed by atoms with E-state index in [4.69, 9.17) is 18.6 Å². The van der Waals surface area contributed by atoms with Crippen LogP contribution >= 0.6 is 18.6 Å². The van der Waals surface area contributed by atoms with Gasteiger partial charge in [-0.1, -0.05) is 0 Å². The first kappa shape index (κ1) is 20.9. The molecule has 0 amide bonds. The Bertz CT molecular complexity index is 541. The third kappa shape index (κ3) is 3.47. The summed E-state index contributed by atoms with van der Waals surface area (Å²) in [6.45, 7) is 0. The van der Waals surface area contributed by atoms with Crippen molar-refractivity contribution in [2.24, 2.45) is 47.3 Å². The summed E-state index contributed by atoms with van der Waals surface area (Å²) < 4.78 is 0. The quantitative estimate of drug-likeness (QED) is 0.340. The summed E-state index contributed by atoms with van der Waals surface area (Å²) >= 11 is -0.556. The van der Waals surface area contributed by atoms with Gasteiger partial charge in [0.05, 0.1) is 0 Å². The minimum absolute atomic E-state index is 0.556. The van der Waals surface area contributed by atoms with Crippen LogP contribution in [0.5, 0.6) is 0 Å². The SMILES string of the molecule is [CH]1[CH][C]2CC3C4CCC(C4)C3[C]2[CH]1.[CH]1[CH][C]2CC3C4CCC(C4)C3[C]2[CH]1.[Cl][Ti][Cl]. The summed E-state index contributed by atoms with van der Waals surface area (Å²) in [5, 5.41) is 0. The molecule has 8 aliphatic rings. The monoisotopic (exact) mass is 460 g/mol. The first-order valence-corrected chi connectivity index (χ1v) is 16.0. The van der Waals surface area contributed by atoms with E-state index in [0.29, 0.717) is 0 Å². The van der Waals surface area contributed by atoms with Crippen LogP contribution in [-0.4, -0.2) is 0 Å². The van der Waals surface area contributed by atoms with E-state index >= 15 is 0 Å². The van der Waals surface area contributed by atoms with Crippen LogP contribution in [0, 0.1) is 110 Å². The molecule has 8 atom stereocenters. The molecule has 4 bridgehead atoms. The van der Waals surface area contributed by atoms with Crippen molar-refractivity contribution in [3.05, 3.63) is 62.2 Å². The fourth-order valence-corrected chi connectivity index (χ4v) is 8.85. The van der Waals surface area contributed by atoms with Crippen LogP contribution < -0.4 is 0 Å². The van der Waals surface area contributed by atoms with E-state index in [9.17, 15) is 0 Å². The van der Waals surface area contributed by atoms with Crippen LogP contribution in [0.2, 0.25) is 0 Å².